The molecule has 3 saturated heterocycles. The van der Waals surface area contributed by atoms with E-state index in [0.29, 0.717) is 90.8 Å². The minimum Gasteiger partial charge on any atom is -0.412 e. The zero-order valence-corrected chi connectivity index (χ0v) is 78.7. The molecule has 4 amide bonds. The molecule has 22 nitrogen and oxygen atoms in total. The van der Waals surface area contributed by atoms with Crippen LogP contribution in [0.25, 0.3) is 0 Å². The molecule has 0 aromatic rings. The van der Waals surface area contributed by atoms with Crippen molar-refractivity contribution < 1.29 is 82.1 Å². The number of carbonyl (C=O) groups excluding carboxylic acids is 5. The normalized spacial score (nSPS) is 19.5. The number of Topliss-reactive ketones (excluding diaryl/α,β-unsaturated/α-hetero) is 1. The second-order valence-corrected chi connectivity index (χ2v) is 40.3. The van der Waals surface area contributed by atoms with E-state index in [1.807, 2.05) is 69.5 Å². The predicted octanol–water partition coefficient (Wildman–Crippen LogP) is 14.1. The van der Waals surface area contributed by atoms with Crippen LogP contribution in [0.4, 0.5) is 0 Å². The number of allylic oxidation sites excluding steroid dienone is 1. The van der Waals surface area contributed by atoms with Gasteiger partial charge in [0.1, 0.15) is 47.6 Å². The first kappa shape index (κ1) is 119. The standard InChI is InChI=1S/C43H80BN3O6Si.C30H57BN2O7Si.C6H11BO3.3C2H6.H2O.H4Si.H2/c1-13-14-25-45-26-21-16-15-18-22-36(8)29-37(9)23-19-17-20-24-42(48)46(10)27-28-47(11)43(49)31-38(33(2)3)53-54(34(4)5,35(6)7)51-32-40-39(50-12)30-41(44)52-40;1-22(2)41(23(3)4,38-21-26-25(37-10)20-27(31)39-26)40-30(6,7)17-16-29(36)33(9)19-18-32(8)28(35)15-13-11-12-14-24(5)34;1-9-4-2-6(7)10-5(4)3-8;3*1-2;;;/h26,33-35,38-41H,13-25,27-28,30-32H2,1-12H3;22-23,25-27H,11-21H2,1-10H3;4-6,8H,2-3H2,1H3;3*1-2H3;1H2;1H4;1H/t29?,38?,39?,40-,41-;25?,26-,27-;4?,5-,6-;;;;;;/m111....../s1. The minimum atomic E-state index is -2.82. The fourth-order valence-electron chi connectivity index (χ4n) is 13.4. The van der Waals surface area contributed by atoms with Crippen molar-refractivity contribution in [2.45, 2.75) is 389 Å². The van der Waals surface area contributed by atoms with E-state index in [9.17, 15) is 24.0 Å². The van der Waals surface area contributed by atoms with Crippen LogP contribution in [0.2, 0.25) is 22.2 Å². The summed E-state index contributed by atoms with van der Waals surface area (Å²) in [5.41, 5.74) is 6.32. The van der Waals surface area contributed by atoms with E-state index in [-0.39, 0.29) is 149 Å². The number of carbonyl (C=O) groups is 5. The molecule has 3 rings (SSSR count). The van der Waals surface area contributed by atoms with Gasteiger partial charge in [-0.25, -0.2) is 0 Å². The van der Waals surface area contributed by atoms with Gasteiger partial charge in [-0.3, -0.25) is 24.2 Å². The van der Waals surface area contributed by atoms with Gasteiger partial charge in [-0.15, -0.1) is 5.73 Å². The van der Waals surface area contributed by atoms with Crippen molar-refractivity contribution >= 4 is 87.3 Å². The number of ether oxygens (including phenoxy) is 6. The summed E-state index contributed by atoms with van der Waals surface area (Å²) in [6.07, 6.45) is 20.1. The van der Waals surface area contributed by atoms with Crippen LogP contribution in [-0.4, -0.2) is 286 Å². The number of likely N-dealkylation sites (N-methyl/N-ethyl adjacent to an activating group) is 4. The number of amides is 4. The molecule has 10 atom stereocenters. The first-order valence-electron chi connectivity index (χ1n) is 42.8. The maximum absolute atomic E-state index is 13.5. The molecule has 0 saturated carbocycles. The molecule has 6 radical (unpaired) electrons. The quantitative estimate of drug-likeness (QED) is 0.0257. The molecule has 4 unspecified atom stereocenters. The summed E-state index contributed by atoms with van der Waals surface area (Å²) in [5.74, 6) is 0.511. The van der Waals surface area contributed by atoms with Crippen LogP contribution in [0.3, 0.4) is 0 Å². The maximum atomic E-state index is 13.5. The zero-order chi connectivity index (χ0) is 85.6. The molecular weight excluding hydrogens is 1480 g/mol. The number of aliphatic hydroxyl groups excluding tert-OH is 1. The summed E-state index contributed by atoms with van der Waals surface area (Å²) in [4.78, 5) is 74.1. The van der Waals surface area contributed by atoms with Gasteiger partial charge in [0.25, 0.3) is 0 Å². The van der Waals surface area contributed by atoms with Crippen LogP contribution in [0.15, 0.2) is 21.9 Å². The summed E-state index contributed by atoms with van der Waals surface area (Å²) in [6.45, 7) is 49.1. The van der Waals surface area contributed by atoms with Gasteiger partial charge in [0, 0.05) is 127 Å². The van der Waals surface area contributed by atoms with Crippen molar-refractivity contribution in [2.24, 2.45) is 10.9 Å². The summed E-state index contributed by atoms with van der Waals surface area (Å²) >= 11 is 0. The Balaban J connectivity index is -0.000000428. The Labute approximate surface area is 703 Å². The number of ketones is 1. The van der Waals surface area contributed by atoms with Crippen LogP contribution in [0.1, 0.15) is 301 Å². The van der Waals surface area contributed by atoms with Crippen molar-refractivity contribution in [3.05, 3.63) is 16.9 Å². The van der Waals surface area contributed by atoms with E-state index in [2.05, 4.69) is 107 Å². The summed E-state index contributed by atoms with van der Waals surface area (Å²) in [7, 11) is 24.1. The Hall–Kier alpha value is -2.89. The lowest BCUT2D eigenvalue weighted by Gasteiger charge is -2.44. The smallest absolute Gasteiger partial charge is 0.343 e. The Morgan fingerprint density at radius 1 is 0.540 bits per heavy atom. The SMILES string of the molecule is CC.CC.CC.O.[B][C@H]1CC(OC)[C@@H](CO)O1.[B][C@H]1CC(OC)[C@@H](CO[Si](OC(C)(C)CCC(=O)N(C)CCN(C)C(=O)CCCCCC(C)=O)(C(C)C)C(C)C)O1.[B][C@H]1CC(OC)[C@@H](CO[Si](OC(CC(=O)N(C)CCN(C)C(=O)CCCCCC(C)=C=C(C)CCCCCC=NCCCC)C(C)C)(C(C)C)C(C)C)O1.[HH].[SiH4]. The highest BCUT2D eigenvalue weighted by molar-refractivity contribution is 6.70. The number of methoxy groups -OCH3 is 3. The van der Waals surface area contributed by atoms with E-state index in [0.717, 1.165) is 64.3 Å². The van der Waals surface area contributed by atoms with Crippen molar-refractivity contribution in [1.29, 1.82) is 0 Å². The number of unbranched alkanes of at least 4 members (excludes halogenated alkanes) is 8. The molecule has 3 aliphatic rings. The number of hydrogen-bond donors (Lipinski definition) is 1. The van der Waals surface area contributed by atoms with Gasteiger partial charge in [-0.1, -0.05) is 143 Å². The lowest BCUT2D eigenvalue weighted by atomic mass is 9.96. The molecule has 3 aliphatic heterocycles. The summed E-state index contributed by atoms with van der Waals surface area (Å²) in [6, 6.07) is -0.998. The summed E-state index contributed by atoms with van der Waals surface area (Å²) in [5, 5.41) is 8.72. The van der Waals surface area contributed by atoms with Crippen LogP contribution >= 0.6 is 0 Å². The van der Waals surface area contributed by atoms with Crippen LogP contribution in [0, 0.1) is 5.92 Å². The van der Waals surface area contributed by atoms with Crippen molar-refractivity contribution in [2.75, 3.05) is 102 Å². The minimum absolute atomic E-state index is 0. The zero-order valence-electron chi connectivity index (χ0n) is 76.7. The highest BCUT2D eigenvalue weighted by atomic mass is 28.4. The second kappa shape index (κ2) is 67.8. The third kappa shape index (κ3) is 49.4. The third-order valence-corrected chi connectivity index (χ3v) is 29.7. The predicted molar refractivity (Wildman–Crippen MR) is 481 cm³/mol. The highest BCUT2D eigenvalue weighted by Crippen LogP contribution is 2.41. The van der Waals surface area contributed by atoms with Crippen LogP contribution < -0.4 is 0 Å². The Morgan fingerprint density at radius 2 is 0.894 bits per heavy atom. The molecule has 28 heteroatoms. The monoisotopic (exact) mass is 1650 g/mol. The Kier molecular flexibility index (Phi) is 71.2. The molecule has 3 N–H and O–H groups in total. The molecule has 3 fully saturated rings. The first-order chi connectivity index (χ1) is 52.4. The van der Waals surface area contributed by atoms with Crippen LogP contribution in [0.5, 0.6) is 0 Å². The molecule has 0 spiro atoms. The van der Waals surface area contributed by atoms with E-state index >= 15 is 0 Å². The number of nitrogens with zero attached hydrogens (tertiary/aromatic N) is 5. The molecule has 662 valence electrons. The maximum Gasteiger partial charge on any atom is 0.343 e. The second-order valence-electron chi connectivity index (χ2n) is 31.8. The van der Waals surface area contributed by atoms with Crippen molar-refractivity contribution in [3.63, 3.8) is 0 Å². The fraction of sp³-hybridized carbons (Fsp3) is 0.894. The van der Waals surface area contributed by atoms with Crippen LogP contribution in [-0.2, 0) is 70.1 Å². The number of hydrogen-bond acceptors (Lipinski definition) is 17. The molecule has 0 aromatic heterocycles. The Morgan fingerprint density at radius 3 is 1.26 bits per heavy atom. The molecule has 113 heavy (non-hydrogen) atoms. The molecule has 3 heterocycles. The average Bonchev–Trinajstić information content (AvgIpc) is 1.01. The van der Waals surface area contributed by atoms with E-state index in [1.54, 1.807) is 61.9 Å². The largest absolute Gasteiger partial charge is 0.412 e. The van der Waals surface area contributed by atoms with Gasteiger partial charge < -0.3 is 81.1 Å². The highest BCUT2D eigenvalue weighted by Gasteiger charge is 2.51. The number of aliphatic hydroxyl groups is 1. The van der Waals surface area contributed by atoms with Gasteiger partial charge in [0.05, 0.1) is 56.3 Å². The molecule has 0 aliphatic carbocycles. The van der Waals surface area contributed by atoms with E-state index in [4.69, 9.17) is 74.8 Å². The van der Waals surface area contributed by atoms with E-state index < -0.39 is 22.7 Å². The topological polar surface area (TPSA) is 255 Å². The lowest BCUT2D eigenvalue weighted by molar-refractivity contribution is -0.135. The fourth-order valence-corrected chi connectivity index (χ4v) is 21.2. The number of rotatable bonds is 51. The van der Waals surface area contributed by atoms with Gasteiger partial charge >= 0.3 is 17.1 Å². The third-order valence-electron chi connectivity index (χ3n) is 20.5. The van der Waals surface area contributed by atoms with Gasteiger partial charge in [0.15, 0.2) is 0 Å². The average molecular weight is 1660 g/mol. The van der Waals surface area contributed by atoms with Gasteiger partial charge in [-0.2, -0.15) is 0 Å². The molecule has 0 bridgehead atoms. The van der Waals surface area contributed by atoms with Gasteiger partial charge in [0.2, 0.25) is 23.6 Å². The van der Waals surface area contributed by atoms with Gasteiger partial charge in [-0.05, 0) is 181 Å². The molecular formula is C85H174B3N5O17Si3. The summed E-state index contributed by atoms with van der Waals surface area (Å²) < 4.78 is 60.3. The van der Waals surface area contributed by atoms with Crippen molar-refractivity contribution in [1.82, 2.24) is 19.6 Å². The van der Waals surface area contributed by atoms with Crippen molar-refractivity contribution in [3.8, 4) is 0 Å². The lowest BCUT2D eigenvalue weighted by Crippen LogP contribution is -2.54. The van der Waals surface area contributed by atoms with E-state index in [1.165, 1.54) is 43.3 Å². The molecule has 0 aromatic carbocycles. The Bertz CT molecular complexity index is 2520. The number of aliphatic imine (C=N–C) groups is 1. The first-order valence-corrected chi connectivity index (χ1v) is 46.8.